The molecule has 1 rings (SSSR count). The molecule has 0 spiro atoms. The van der Waals surface area contributed by atoms with E-state index in [4.69, 9.17) is 0 Å². The SMILES string of the molecule is CCCc1ccccc1SC(C)=O. The number of thioether (sulfide) groups is 1. The molecule has 1 aromatic carbocycles. The van der Waals surface area contributed by atoms with Gasteiger partial charge in [0.2, 0.25) is 0 Å². The van der Waals surface area contributed by atoms with Crippen LogP contribution in [-0.4, -0.2) is 5.12 Å². The molecule has 2 heteroatoms. The molecule has 0 aliphatic carbocycles. The molecule has 0 aliphatic heterocycles. The highest BCUT2D eigenvalue weighted by Gasteiger charge is 2.03. The van der Waals surface area contributed by atoms with Crippen LogP contribution in [0.25, 0.3) is 0 Å². The molecular formula is C11H14OS. The Morgan fingerprint density at radius 3 is 2.69 bits per heavy atom. The van der Waals surface area contributed by atoms with Gasteiger partial charge in [-0.2, -0.15) is 0 Å². The second-order valence-corrected chi connectivity index (χ2v) is 4.17. The van der Waals surface area contributed by atoms with Crippen molar-refractivity contribution in [1.29, 1.82) is 0 Å². The predicted molar refractivity (Wildman–Crippen MR) is 57.0 cm³/mol. The van der Waals surface area contributed by atoms with Crippen molar-refractivity contribution in [3.63, 3.8) is 0 Å². The Morgan fingerprint density at radius 1 is 1.38 bits per heavy atom. The van der Waals surface area contributed by atoms with E-state index >= 15 is 0 Å². The van der Waals surface area contributed by atoms with E-state index < -0.39 is 0 Å². The molecular weight excluding hydrogens is 180 g/mol. The quantitative estimate of drug-likeness (QED) is 0.687. The molecule has 1 aromatic rings. The summed E-state index contributed by atoms with van der Waals surface area (Å²) in [5.41, 5.74) is 1.28. The van der Waals surface area contributed by atoms with Crippen LogP contribution in [0.4, 0.5) is 0 Å². The Bertz CT molecular complexity index is 294. The van der Waals surface area contributed by atoms with Crippen molar-refractivity contribution in [2.75, 3.05) is 0 Å². The molecule has 0 heterocycles. The minimum absolute atomic E-state index is 0.156. The van der Waals surface area contributed by atoms with Gasteiger partial charge in [0, 0.05) is 11.8 Å². The number of hydrogen-bond acceptors (Lipinski definition) is 2. The van der Waals surface area contributed by atoms with E-state index in [0.717, 1.165) is 17.7 Å². The van der Waals surface area contributed by atoms with Crippen LogP contribution in [0.5, 0.6) is 0 Å². The first kappa shape index (κ1) is 10.3. The first-order valence-electron chi connectivity index (χ1n) is 4.50. The number of carbonyl (C=O) groups is 1. The third-order valence-corrected chi connectivity index (χ3v) is 2.65. The Kier molecular flexibility index (Phi) is 4.03. The summed E-state index contributed by atoms with van der Waals surface area (Å²) in [7, 11) is 0. The Balaban J connectivity index is 2.84. The van der Waals surface area contributed by atoms with Crippen LogP contribution in [0.1, 0.15) is 25.8 Å². The van der Waals surface area contributed by atoms with Crippen LogP contribution in [0.2, 0.25) is 0 Å². The minimum Gasteiger partial charge on any atom is -0.287 e. The van der Waals surface area contributed by atoms with Crippen LogP contribution < -0.4 is 0 Å². The molecule has 0 saturated heterocycles. The average Bonchev–Trinajstić information content (AvgIpc) is 2.08. The number of hydrogen-bond donors (Lipinski definition) is 0. The lowest BCUT2D eigenvalue weighted by Gasteiger charge is -2.04. The Morgan fingerprint density at radius 2 is 2.08 bits per heavy atom. The van der Waals surface area contributed by atoms with Crippen LogP contribution >= 0.6 is 11.8 Å². The smallest absolute Gasteiger partial charge is 0.190 e. The van der Waals surface area contributed by atoms with Gasteiger partial charge in [0.1, 0.15) is 0 Å². The molecule has 0 amide bonds. The molecule has 0 bridgehead atoms. The van der Waals surface area contributed by atoms with E-state index in [1.54, 1.807) is 6.92 Å². The zero-order valence-corrected chi connectivity index (χ0v) is 8.86. The van der Waals surface area contributed by atoms with E-state index in [0.29, 0.717) is 0 Å². The summed E-state index contributed by atoms with van der Waals surface area (Å²) in [5, 5.41) is 0.156. The van der Waals surface area contributed by atoms with E-state index in [1.165, 1.54) is 17.3 Å². The van der Waals surface area contributed by atoms with Crippen molar-refractivity contribution in [2.24, 2.45) is 0 Å². The van der Waals surface area contributed by atoms with Gasteiger partial charge in [-0.25, -0.2) is 0 Å². The topological polar surface area (TPSA) is 17.1 Å². The van der Waals surface area contributed by atoms with E-state index in [1.807, 2.05) is 18.2 Å². The number of carbonyl (C=O) groups excluding carboxylic acids is 1. The summed E-state index contributed by atoms with van der Waals surface area (Å²) >= 11 is 1.33. The van der Waals surface area contributed by atoms with Crippen molar-refractivity contribution in [3.8, 4) is 0 Å². The lowest BCUT2D eigenvalue weighted by Crippen LogP contribution is -1.89. The fourth-order valence-electron chi connectivity index (χ4n) is 1.23. The average molecular weight is 194 g/mol. The monoisotopic (exact) mass is 194 g/mol. The molecule has 0 fully saturated rings. The van der Waals surface area contributed by atoms with Crippen molar-refractivity contribution in [3.05, 3.63) is 29.8 Å². The minimum atomic E-state index is 0.156. The van der Waals surface area contributed by atoms with Gasteiger partial charge >= 0.3 is 0 Å². The Labute approximate surface area is 83.5 Å². The fraction of sp³-hybridized carbons (Fsp3) is 0.364. The van der Waals surface area contributed by atoms with Crippen molar-refractivity contribution >= 4 is 16.9 Å². The molecule has 0 N–H and O–H groups in total. The lowest BCUT2D eigenvalue weighted by molar-refractivity contribution is -0.109. The van der Waals surface area contributed by atoms with Crippen LogP contribution in [-0.2, 0) is 11.2 Å². The van der Waals surface area contributed by atoms with Gasteiger partial charge < -0.3 is 0 Å². The summed E-state index contributed by atoms with van der Waals surface area (Å²) in [4.78, 5) is 12.0. The van der Waals surface area contributed by atoms with Crippen molar-refractivity contribution in [1.82, 2.24) is 0 Å². The molecule has 0 unspecified atom stereocenters. The molecule has 0 saturated carbocycles. The van der Waals surface area contributed by atoms with E-state index in [2.05, 4.69) is 13.0 Å². The molecule has 1 nitrogen and oxygen atoms in total. The first-order chi connectivity index (χ1) is 6.24. The molecule has 0 radical (unpaired) electrons. The fourth-order valence-corrected chi connectivity index (χ4v) is 1.99. The van der Waals surface area contributed by atoms with Crippen molar-refractivity contribution in [2.45, 2.75) is 31.6 Å². The predicted octanol–water partition coefficient (Wildman–Crippen LogP) is 3.28. The highest BCUT2D eigenvalue weighted by molar-refractivity contribution is 8.13. The summed E-state index contributed by atoms with van der Waals surface area (Å²) in [5.74, 6) is 0. The second kappa shape index (κ2) is 5.07. The van der Waals surface area contributed by atoms with Crippen LogP contribution in [0, 0.1) is 0 Å². The highest BCUT2D eigenvalue weighted by Crippen LogP contribution is 2.23. The standard InChI is InChI=1S/C11H14OS/c1-3-6-10-7-4-5-8-11(10)13-9(2)12/h4-5,7-8H,3,6H2,1-2H3. The van der Waals surface area contributed by atoms with Crippen LogP contribution in [0.15, 0.2) is 29.2 Å². The molecule has 0 aromatic heterocycles. The summed E-state index contributed by atoms with van der Waals surface area (Å²) in [6.07, 6.45) is 2.17. The van der Waals surface area contributed by atoms with Crippen LogP contribution in [0.3, 0.4) is 0 Å². The van der Waals surface area contributed by atoms with E-state index in [9.17, 15) is 4.79 Å². The largest absolute Gasteiger partial charge is 0.287 e. The van der Waals surface area contributed by atoms with Gasteiger partial charge in [-0.05, 0) is 18.1 Å². The first-order valence-corrected chi connectivity index (χ1v) is 5.32. The maximum atomic E-state index is 10.9. The maximum absolute atomic E-state index is 10.9. The second-order valence-electron chi connectivity index (χ2n) is 2.95. The third kappa shape index (κ3) is 3.23. The lowest BCUT2D eigenvalue weighted by atomic mass is 10.1. The summed E-state index contributed by atoms with van der Waals surface area (Å²) < 4.78 is 0. The van der Waals surface area contributed by atoms with Gasteiger partial charge in [0.05, 0.1) is 0 Å². The molecule has 0 aliphatic rings. The summed E-state index contributed by atoms with van der Waals surface area (Å²) in [6.45, 7) is 3.75. The van der Waals surface area contributed by atoms with E-state index in [-0.39, 0.29) is 5.12 Å². The number of benzene rings is 1. The third-order valence-electron chi connectivity index (χ3n) is 1.75. The zero-order chi connectivity index (χ0) is 9.68. The molecule has 13 heavy (non-hydrogen) atoms. The van der Waals surface area contributed by atoms with Crippen molar-refractivity contribution < 1.29 is 4.79 Å². The molecule has 70 valence electrons. The Hall–Kier alpha value is -0.760. The van der Waals surface area contributed by atoms with Gasteiger partial charge in [-0.1, -0.05) is 43.3 Å². The van der Waals surface area contributed by atoms with Gasteiger partial charge in [0.25, 0.3) is 0 Å². The van der Waals surface area contributed by atoms with Gasteiger partial charge in [-0.3, -0.25) is 4.79 Å². The zero-order valence-electron chi connectivity index (χ0n) is 8.04. The number of rotatable bonds is 3. The maximum Gasteiger partial charge on any atom is 0.190 e. The molecule has 0 atom stereocenters. The normalized spacial score (nSPS) is 10.0. The van der Waals surface area contributed by atoms with Gasteiger partial charge in [-0.15, -0.1) is 0 Å². The summed E-state index contributed by atoms with van der Waals surface area (Å²) in [6, 6.07) is 8.10. The number of aryl methyl sites for hydroxylation is 1. The highest BCUT2D eigenvalue weighted by atomic mass is 32.2. The van der Waals surface area contributed by atoms with Gasteiger partial charge in [0.15, 0.2) is 5.12 Å².